The van der Waals surface area contributed by atoms with E-state index in [9.17, 15) is 5.11 Å². The fraction of sp³-hybridized carbons (Fsp3) is 0.846. The van der Waals surface area contributed by atoms with E-state index in [1.807, 2.05) is 0 Å². The molecule has 3 rings (SSSR count). The fourth-order valence-corrected chi connectivity index (χ4v) is 5.04. The zero-order valence-electron chi connectivity index (χ0n) is 9.05. The van der Waals surface area contributed by atoms with E-state index in [1.165, 1.54) is 37.7 Å². The minimum absolute atomic E-state index is 0.196. The Balaban J connectivity index is 2.14. The Morgan fingerprint density at radius 1 is 1.36 bits per heavy atom. The van der Waals surface area contributed by atoms with Gasteiger partial charge in [0.05, 0.1) is 6.10 Å². The molecule has 0 bridgehead atoms. The molecule has 0 aromatic rings. The average molecular weight is 192 g/mol. The van der Waals surface area contributed by atoms with Gasteiger partial charge in [0.2, 0.25) is 0 Å². The van der Waals surface area contributed by atoms with Crippen LogP contribution in [0, 0.1) is 16.7 Å². The molecule has 0 aromatic heterocycles. The largest absolute Gasteiger partial charge is 0.389 e. The summed E-state index contributed by atoms with van der Waals surface area (Å²) in [5.74, 6) is 0.759. The summed E-state index contributed by atoms with van der Waals surface area (Å²) in [6.07, 6.45) is 7.50. The van der Waals surface area contributed by atoms with Crippen LogP contribution in [0.2, 0.25) is 0 Å². The average Bonchev–Trinajstić information content (AvgIpc) is 2.68. The molecule has 0 amide bonds. The van der Waals surface area contributed by atoms with Gasteiger partial charge in [-0.1, -0.05) is 19.9 Å². The lowest BCUT2D eigenvalue weighted by atomic mass is 9.66. The maximum atomic E-state index is 10.0. The van der Waals surface area contributed by atoms with Crippen LogP contribution in [0.4, 0.5) is 0 Å². The summed E-state index contributed by atoms with van der Waals surface area (Å²) in [6, 6.07) is 0. The van der Waals surface area contributed by atoms with E-state index in [2.05, 4.69) is 13.5 Å². The van der Waals surface area contributed by atoms with Crippen LogP contribution < -0.4 is 0 Å². The Bertz CT molecular complexity index is 296. The van der Waals surface area contributed by atoms with E-state index in [4.69, 9.17) is 0 Å². The molecule has 1 heteroatoms. The molecule has 4 atom stereocenters. The standard InChI is InChI=1S/C13H20O/c1-9-4-7-12-5-3-6-13(9,12)10(2)11(14)8-12/h9,11,14H,2-8H2,1H3. The SMILES string of the molecule is C=C1C(O)CC23CCCC12C(C)CC3. The van der Waals surface area contributed by atoms with E-state index in [0.29, 0.717) is 10.8 Å². The van der Waals surface area contributed by atoms with E-state index >= 15 is 0 Å². The zero-order chi connectivity index (χ0) is 9.97. The summed E-state index contributed by atoms with van der Waals surface area (Å²) < 4.78 is 0. The predicted molar refractivity (Wildman–Crippen MR) is 56.9 cm³/mol. The molecule has 0 heterocycles. The first kappa shape index (κ1) is 8.96. The van der Waals surface area contributed by atoms with Gasteiger partial charge in [0.25, 0.3) is 0 Å². The van der Waals surface area contributed by atoms with Crippen LogP contribution >= 0.6 is 0 Å². The third-order valence-electron chi connectivity index (χ3n) is 5.63. The van der Waals surface area contributed by atoms with Crippen molar-refractivity contribution in [2.24, 2.45) is 16.7 Å². The summed E-state index contributed by atoms with van der Waals surface area (Å²) in [4.78, 5) is 0. The summed E-state index contributed by atoms with van der Waals surface area (Å²) in [5.41, 5.74) is 1.98. The second-order valence-corrected chi connectivity index (χ2v) is 5.79. The van der Waals surface area contributed by atoms with E-state index in [1.54, 1.807) is 0 Å². The minimum Gasteiger partial charge on any atom is -0.389 e. The molecule has 0 spiro atoms. The van der Waals surface area contributed by atoms with Crippen molar-refractivity contribution in [3.05, 3.63) is 12.2 Å². The van der Waals surface area contributed by atoms with Crippen LogP contribution in [0.5, 0.6) is 0 Å². The van der Waals surface area contributed by atoms with Crippen molar-refractivity contribution in [2.45, 2.75) is 51.6 Å². The van der Waals surface area contributed by atoms with E-state index in [0.717, 1.165) is 12.3 Å². The third kappa shape index (κ3) is 0.701. The van der Waals surface area contributed by atoms with Gasteiger partial charge < -0.3 is 5.11 Å². The normalized spacial score (nSPS) is 56.3. The van der Waals surface area contributed by atoms with Crippen LogP contribution in [-0.2, 0) is 0 Å². The molecule has 4 unspecified atom stereocenters. The van der Waals surface area contributed by atoms with Gasteiger partial charge in [-0.05, 0) is 49.0 Å². The molecule has 3 aliphatic rings. The highest BCUT2D eigenvalue weighted by Gasteiger charge is 2.67. The number of hydrogen-bond donors (Lipinski definition) is 1. The molecule has 0 aromatic carbocycles. The smallest absolute Gasteiger partial charge is 0.0758 e. The van der Waals surface area contributed by atoms with Crippen LogP contribution in [-0.4, -0.2) is 11.2 Å². The molecule has 3 saturated carbocycles. The number of aliphatic hydroxyl groups is 1. The maximum Gasteiger partial charge on any atom is 0.0758 e. The Hall–Kier alpha value is -0.300. The Kier molecular flexibility index (Phi) is 1.56. The fourth-order valence-electron chi connectivity index (χ4n) is 5.04. The van der Waals surface area contributed by atoms with Gasteiger partial charge in [-0.3, -0.25) is 0 Å². The lowest BCUT2D eigenvalue weighted by Crippen LogP contribution is -2.31. The molecule has 3 fully saturated rings. The molecule has 1 N–H and O–H groups in total. The Labute approximate surface area is 86.2 Å². The van der Waals surface area contributed by atoms with Gasteiger partial charge in [0.1, 0.15) is 0 Å². The molecular weight excluding hydrogens is 172 g/mol. The molecule has 0 aliphatic heterocycles. The summed E-state index contributed by atoms with van der Waals surface area (Å²) >= 11 is 0. The number of hydrogen-bond acceptors (Lipinski definition) is 1. The molecular formula is C13H20O. The first-order valence-corrected chi connectivity index (χ1v) is 6.00. The van der Waals surface area contributed by atoms with Crippen molar-refractivity contribution in [1.82, 2.24) is 0 Å². The zero-order valence-corrected chi connectivity index (χ0v) is 9.05. The summed E-state index contributed by atoms with van der Waals surface area (Å²) in [6.45, 7) is 6.58. The highest BCUT2D eigenvalue weighted by molar-refractivity contribution is 5.33. The van der Waals surface area contributed by atoms with E-state index in [-0.39, 0.29) is 6.10 Å². The quantitative estimate of drug-likeness (QED) is 0.585. The Morgan fingerprint density at radius 2 is 2.14 bits per heavy atom. The number of rotatable bonds is 0. The van der Waals surface area contributed by atoms with Crippen molar-refractivity contribution < 1.29 is 5.11 Å². The van der Waals surface area contributed by atoms with Crippen molar-refractivity contribution in [2.75, 3.05) is 0 Å². The van der Waals surface area contributed by atoms with Gasteiger partial charge in [0.15, 0.2) is 0 Å². The highest BCUT2D eigenvalue weighted by atomic mass is 16.3. The lowest BCUT2D eigenvalue weighted by molar-refractivity contribution is 0.140. The first-order chi connectivity index (χ1) is 6.62. The summed E-state index contributed by atoms with van der Waals surface area (Å²) in [5, 5.41) is 10.0. The summed E-state index contributed by atoms with van der Waals surface area (Å²) in [7, 11) is 0. The molecule has 0 radical (unpaired) electrons. The van der Waals surface area contributed by atoms with Crippen molar-refractivity contribution >= 4 is 0 Å². The molecule has 78 valence electrons. The van der Waals surface area contributed by atoms with Gasteiger partial charge in [-0.25, -0.2) is 0 Å². The van der Waals surface area contributed by atoms with Crippen LogP contribution in [0.1, 0.15) is 45.4 Å². The second kappa shape index (κ2) is 2.44. The van der Waals surface area contributed by atoms with E-state index < -0.39 is 0 Å². The minimum atomic E-state index is -0.196. The van der Waals surface area contributed by atoms with Gasteiger partial charge in [-0.2, -0.15) is 0 Å². The van der Waals surface area contributed by atoms with Gasteiger partial charge >= 0.3 is 0 Å². The monoisotopic (exact) mass is 192 g/mol. The molecule has 1 nitrogen and oxygen atoms in total. The van der Waals surface area contributed by atoms with Crippen molar-refractivity contribution in [1.29, 1.82) is 0 Å². The van der Waals surface area contributed by atoms with Crippen LogP contribution in [0.3, 0.4) is 0 Å². The van der Waals surface area contributed by atoms with Crippen LogP contribution in [0.15, 0.2) is 12.2 Å². The van der Waals surface area contributed by atoms with Crippen molar-refractivity contribution in [3.63, 3.8) is 0 Å². The Morgan fingerprint density at radius 3 is 2.86 bits per heavy atom. The number of aliphatic hydroxyl groups excluding tert-OH is 1. The highest BCUT2D eigenvalue weighted by Crippen LogP contribution is 2.74. The molecule has 0 saturated heterocycles. The van der Waals surface area contributed by atoms with Gasteiger partial charge in [-0.15, -0.1) is 0 Å². The second-order valence-electron chi connectivity index (χ2n) is 5.79. The van der Waals surface area contributed by atoms with Crippen LogP contribution in [0.25, 0.3) is 0 Å². The maximum absolute atomic E-state index is 10.0. The lowest BCUT2D eigenvalue weighted by Gasteiger charge is -2.38. The van der Waals surface area contributed by atoms with Gasteiger partial charge in [0, 0.05) is 5.41 Å². The van der Waals surface area contributed by atoms with Crippen molar-refractivity contribution in [3.8, 4) is 0 Å². The third-order valence-corrected chi connectivity index (χ3v) is 5.63. The molecule has 3 aliphatic carbocycles. The first-order valence-electron chi connectivity index (χ1n) is 6.00. The predicted octanol–water partition coefficient (Wildman–Crippen LogP) is 2.89. The molecule has 14 heavy (non-hydrogen) atoms. The topological polar surface area (TPSA) is 20.2 Å².